The zero-order valence-electron chi connectivity index (χ0n) is 15.7. The van der Waals surface area contributed by atoms with E-state index in [-0.39, 0.29) is 0 Å². The summed E-state index contributed by atoms with van der Waals surface area (Å²) in [6.45, 7) is 0.444. The predicted octanol–water partition coefficient (Wildman–Crippen LogP) is 4.65. The van der Waals surface area contributed by atoms with E-state index in [1.807, 2.05) is 19.1 Å². The Bertz CT molecular complexity index is 1210. The number of carbonyl (C=O) groups excluding carboxylic acids is 1. The minimum absolute atomic E-state index is 0.342. The van der Waals surface area contributed by atoms with Crippen LogP contribution in [0.5, 0.6) is 0 Å². The van der Waals surface area contributed by atoms with Crippen LogP contribution in [0, 0.1) is 6.92 Å². The van der Waals surface area contributed by atoms with Gasteiger partial charge in [-0.3, -0.25) is 0 Å². The number of halogens is 3. The average molecular weight is 415 g/mol. The van der Waals surface area contributed by atoms with E-state index in [0.29, 0.717) is 28.2 Å². The number of anilines is 1. The van der Waals surface area contributed by atoms with Crippen molar-refractivity contribution in [2.45, 2.75) is 13.1 Å². The van der Waals surface area contributed by atoms with Gasteiger partial charge in [0.25, 0.3) is 0 Å². The van der Waals surface area contributed by atoms with Crippen LogP contribution >= 0.6 is 0 Å². The molecule has 30 heavy (non-hydrogen) atoms. The number of nitrogens with one attached hydrogen (secondary N) is 2. The second-order valence-electron chi connectivity index (χ2n) is 6.58. The zero-order valence-corrected chi connectivity index (χ0v) is 15.7. The summed E-state index contributed by atoms with van der Waals surface area (Å²) in [6, 6.07) is 9.45. The molecule has 0 atom stereocenters. The molecule has 2 N–H and O–H groups in total. The van der Waals surface area contributed by atoms with E-state index < -0.39 is 18.8 Å². The molecule has 4 aromatic rings. The van der Waals surface area contributed by atoms with Gasteiger partial charge in [-0.05, 0) is 36.8 Å². The number of fused-ring (bicyclic) bond motifs is 1. The fraction of sp³-hybridized carbons (Fsp3) is 0.150. The Morgan fingerprint density at radius 1 is 1.17 bits per heavy atom. The third-order valence-electron chi connectivity index (χ3n) is 4.26. The highest BCUT2D eigenvalue weighted by atomic mass is 19.4. The maximum Gasteiger partial charge on any atom is 0.405 e. The molecule has 0 aliphatic heterocycles. The van der Waals surface area contributed by atoms with Crippen LogP contribution in [0.1, 0.15) is 5.76 Å². The van der Waals surface area contributed by atoms with E-state index in [9.17, 15) is 18.0 Å². The van der Waals surface area contributed by atoms with Crippen molar-refractivity contribution >= 4 is 17.4 Å². The predicted molar refractivity (Wildman–Crippen MR) is 104 cm³/mol. The molecule has 3 aromatic heterocycles. The zero-order chi connectivity index (χ0) is 21.3. The number of hydrogen-bond acceptors (Lipinski definition) is 4. The number of aromatic nitrogens is 3. The van der Waals surface area contributed by atoms with Crippen LogP contribution < -0.4 is 10.6 Å². The molecular weight excluding hydrogens is 399 g/mol. The lowest BCUT2D eigenvalue weighted by atomic mass is 10.1. The highest BCUT2D eigenvalue weighted by Crippen LogP contribution is 2.28. The Morgan fingerprint density at radius 2 is 2.00 bits per heavy atom. The number of alkyl halides is 3. The molecule has 1 aromatic carbocycles. The van der Waals surface area contributed by atoms with Crippen LogP contribution in [-0.4, -0.2) is 33.4 Å². The summed E-state index contributed by atoms with van der Waals surface area (Å²) in [5.74, 6) is 1.46. The number of rotatable bonds is 4. The molecular formula is C20H16F3N5O2. The first-order valence-corrected chi connectivity index (χ1v) is 8.91. The van der Waals surface area contributed by atoms with Crippen molar-refractivity contribution in [3.05, 3.63) is 60.7 Å². The molecule has 4 rings (SSSR count). The van der Waals surface area contributed by atoms with Crippen molar-refractivity contribution in [3.8, 4) is 22.5 Å². The molecule has 7 nitrogen and oxygen atoms in total. The van der Waals surface area contributed by atoms with Gasteiger partial charge >= 0.3 is 12.2 Å². The number of urea groups is 1. The van der Waals surface area contributed by atoms with Crippen molar-refractivity contribution in [1.82, 2.24) is 19.9 Å². The number of hydrogen-bond donors (Lipinski definition) is 2. The van der Waals surface area contributed by atoms with Crippen LogP contribution in [0.15, 0.2) is 59.4 Å². The second-order valence-corrected chi connectivity index (χ2v) is 6.58. The third kappa shape index (κ3) is 4.27. The lowest BCUT2D eigenvalue weighted by Gasteiger charge is -2.10. The number of benzene rings is 1. The van der Waals surface area contributed by atoms with Crippen LogP contribution in [0.2, 0.25) is 0 Å². The van der Waals surface area contributed by atoms with Gasteiger partial charge in [-0.2, -0.15) is 18.3 Å². The van der Waals surface area contributed by atoms with Crippen LogP contribution in [0.3, 0.4) is 0 Å². The second kappa shape index (κ2) is 7.54. The van der Waals surface area contributed by atoms with Gasteiger partial charge in [0, 0.05) is 23.6 Å². The molecule has 154 valence electrons. The Labute approximate surface area is 168 Å². The van der Waals surface area contributed by atoms with Crippen LogP contribution in [0.25, 0.3) is 28.1 Å². The first kappa shape index (κ1) is 19.5. The van der Waals surface area contributed by atoms with Crippen LogP contribution in [0.4, 0.5) is 23.7 Å². The lowest BCUT2D eigenvalue weighted by molar-refractivity contribution is -0.122. The molecule has 0 saturated carbocycles. The summed E-state index contributed by atoms with van der Waals surface area (Å²) >= 11 is 0. The summed E-state index contributed by atoms with van der Waals surface area (Å²) in [5, 5.41) is 8.48. The van der Waals surface area contributed by atoms with Crippen molar-refractivity contribution in [1.29, 1.82) is 0 Å². The largest absolute Gasteiger partial charge is 0.461 e. The van der Waals surface area contributed by atoms with Gasteiger partial charge < -0.3 is 15.1 Å². The molecule has 0 aliphatic rings. The number of furan rings is 1. The Hall–Kier alpha value is -3.82. The highest BCUT2D eigenvalue weighted by molar-refractivity contribution is 5.90. The summed E-state index contributed by atoms with van der Waals surface area (Å²) < 4.78 is 43.9. The van der Waals surface area contributed by atoms with Gasteiger partial charge in [0.1, 0.15) is 18.1 Å². The van der Waals surface area contributed by atoms with Gasteiger partial charge in [-0.25, -0.2) is 14.3 Å². The summed E-state index contributed by atoms with van der Waals surface area (Å²) in [5.41, 5.74) is 3.10. The van der Waals surface area contributed by atoms with E-state index in [1.54, 1.807) is 52.7 Å². The van der Waals surface area contributed by atoms with Gasteiger partial charge in [-0.1, -0.05) is 12.1 Å². The van der Waals surface area contributed by atoms with Gasteiger partial charge in [-0.15, -0.1) is 0 Å². The highest BCUT2D eigenvalue weighted by Gasteiger charge is 2.27. The monoisotopic (exact) mass is 415 g/mol. The number of carbonyl (C=O) groups is 1. The molecule has 0 fully saturated rings. The van der Waals surface area contributed by atoms with E-state index in [4.69, 9.17) is 4.42 Å². The van der Waals surface area contributed by atoms with Gasteiger partial charge in [0.2, 0.25) is 0 Å². The third-order valence-corrected chi connectivity index (χ3v) is 4.26. The minimum Gasteiger partial charge on any atom is -0.461 e. The molecule has 0 aliphatic carbocycles. The molecule has 3 heterocycles. The molecule has 0 saturated heterocycles. The fourth-order valence-corrected chi connectivity index (χ4v) is 2.92. The number of amides is 2. The standard InChI is InChI=1S/C20H16F3N5O2/c1-12-5-6-17(30-12)14-8-24-18-16(9-26-28(18)10-14)13-3-2-4-15(7-13)27-19(29)25-11-20(21,22)23/h2-10H,11H2,1H3,(H2,25,27,29). The topological polar surface area (TPSA) is 84.5 Å². The maximum atomic E-state index is 12.2. The number of aryl methyl sites for hydroxylation is 1. The fourth-order valence-electron chi connectivity index (χ4n) is 2.92. The summed E-state index contributed by atoms with van der Waals surface area (Å²) in [4.78, 5) is 16.1. The number of nitrogens with zero attached hydrogens (tertiary/aromatic N) is 3. The molecule has 10 heteroatoms. The molecule has 2 amide bonds. The van der Waals surface area contributed by atoms with E-state index >= 15 is 0 Å². The van der Waals surface area contributed by atoms with Gasteiger partial charge in [0.05, 0.1) is 11.8 Å². The van der Waals surface area contributed by atoms with E-state index in [1.165, 1.54) is 0 Å². The molecule has 0 spiro atoms. The van der Waals surface area contributed by atoms with Crippen molar-refractivity contribution in [2.24, 2.45) is 0 Å². The minimum atomic E-state index is -4.48. The Kier molecular flexibility index (Phi) is 4.90. The molecule has 0 unspecified atom stereocenters. The normalized spacial score (nSPS) is 11.6. The molecule has 0 bridgehead atoms. The quantitative estimate of drug-likeness (QED) is 0.508. The Balaban J connectivity index is 1.57. The van der Waals surface area contributed by atoms with E-state index in [2.05, 4.69) is 15.4 Å². The van der Waals surface area contributed by atoms with Crippen LogP contribution in [-0.2, 0) is 0 Å². The maximum absolute atomic E-state index is 12.2. The Morgan fingerprint density at radius 3 is 2.73 bits per heavy atom. The van der Waals surface area contributed by atoms with Crippen molar-refractivity contribution < 1.29 is 22.4 Å². The molecule has 0 radical (unpaired) electrons. The first-order chi connectivity index (χ1) is 14.3. The smallest absolute Gasteiger partial charge is 0.405 e. The summed E-state index contributed by atoms with van der Waals surface area (Å²) in [7, 11) is 0. The summed E-state index contributed by atoms with van der Waals surface area (Å²) in [6.07, 6.45) is 0.611. The lowest BCUT2D eigenvalue weighted by Crippen LogP contribution is -2.36. The SMILES string of the molecule is Cc1ccc(-c2cnc3c(-c4cccc(NC(=O)NCC(F)(F)F)c4)cnn3c2)o1. The van der Waals surface area contributed by atoms with Crippen molar-refractivity contribution in [3.63, 3.8) is 0 Å². The first-order valence-electron chi connectivity index (χ1n) is 8.91. The van der Waals surface area contributed by atoms with Gasteiger partial charge in [0.15, 0.2) is 5.65 Å². The van der Waals surface area contributed by atoms with Crippen molar-refractivity contribution in [2.75, 3.05) is 11.9 Å². The van der Waals surface area contributed by atoms with E-state index in [0.717, 1.165) is 11.3 Å². The average Bonchev–Trinajstić information content (AvgIpc) is 3.32.